The summed E-state index contributed by atoms with van der Waals surface area (Å²) in [6.45, 7) is 28.2. The SMILES string of the molecule is CC(CN[Si](C)(C)C(C)(C)C)(CN[Si](C)(C)C(C)(C)C)c1ccccn1. The van der Waals surface area contributed by atoms with Crippen molar-refractivity contribution >= 4 is 16.5 Å². The van der Waals surface area contributed by atoms with Crippen molar-refractivity contribution in [3.63, 3.8) is 0 Å². The predicted octanol–water partition coefficient (Wildman–Crippen LogP) is 5.53. The molecular weight excluding hydrogens is 350 g/mol. The second-order valence-electron chi connectivity index (χ2n) is 11.2. The van der Waals surface area contributed by atoms with Gasteiger partial charge in [-0.3, -0.25) is 4.98 Å². The molecule has 0 atom stereocenters. The van der Waals surface area contributed by atoms with E-state index in [9.17, 15) is 0 Å². The summed E-state index contributed by atoms with van der Waals surface area (Å²) < 4.78 is 0. The fourth-order valence-corrected chi connectivity index (χ4v) is 5.05. The molecular formula is C21H43N3Si2. The van der Waals surface area contributed by atoms with E-state index >= 15 is 0 Å². The van der Waals surface area contributed by atoms with Gasteiger partial charge in [-0.2, -0.15) is 0 Å². The van der Waals surface area contributed by atoms with Crippen molar-refractivity contribution in [2.24, 2.45) is 0 Å². The van der Waals surface area contributed by atoms with Gasteiger partial charge in [-0.1, -0.05) is 80.7 Å². The Hall–Kier alpha value is -0.496. The minimum atomic E-state index is -1.55. The summed E-state index contributed by atoms with van der Waals surface area (Å²) in [6.07, 6.45) is 1.92. The van der Waals surface area contributed by atoms with Crippen molar-refractivity contribution in [3.8, 4) is 0 Å². The molecule has 2 N–H and O–H groups in total. The molecule has 0 saturated heterocycles. The summed E-state index contributed by atoms with van der Waals surface area (Å²) in [4.78, 5) is 12.7. The van der Waals surface area contributed by atoms with Crippen LogP contribution in [0.3, 0.4) is 0 Å². The first kappa shape index (κ1) is 23.5. The predicted molar refractivity (Wildman–Crippen MR) is 122 cm³/mol. The molecule has 1 aromatic heterocycles. The van der Waals surface area contributed by atoms with Gasteiger partial charge in [0.25, 0.3) is 0 Å². The minimum Gasteiger partial charge on any atom is -0.336 e. The molecule has 0 aliphatic carbocycles. The first-order valence-electron chi connectivity index (χ1n) is 9.93. The van der Waals surface area contributed by atoms with Gasteiger partial charge < -0.3 is 9.96 Å². The number of nitrogens with one attached hydrogen (secondary N) is 2. The second-order valence-corrected chi connectivity index (χ2v) is 21.4. The summed E-state index contributed by atoms with van der Waals surface area (Å²) in [5, 5.41) is 0.649. The monoisotopic (exact) mass is 393 g/mol. The average molecular weight is 394 g/mol. The van der Waals surface area contributed by atoms with Crippen LogP contribution in [0.2, 0.25) is 36.3 Å². The van der Waals surface area contributed by atoms with Crippen LogP contribution >= 0.6 is 0 Å². The summed E-state index contributed by atoms with van der Waals surface area (Å²) in [5.74, 6) is 0. The van der Waals surface area contributed by atoms with E-state index in [0.717, 1.165) is 13.1 Å². The van der Waals surface area contributed by atoms with Gasteiger partial charge in [0.05, 0.1) is 0 Å². The lowest BCUT2D eigenvalue weighted by molar-refractivity contribution is 0.436. The van der Waals surface area contributed by atoms with Crippen LogP contribution in [0, 0.1) is 0 Å². The number of nitrogens with zero attached hydrogens (tertiary/aromatic N) is 1. The van der Waals surface area contributed by atoms with Gasteiger partial charge in [0, 0.05) is 30.4 Å². The number of pyridine rings is 1. The van der Waals surface area contributed by atoms with Gasteiger partial charge in [-0.05, 0) is 22.2 Å². The molecule has 3 nitrogen and oxygen atoms in total. The molecule has 0 fully saturated rings. The summed E-state index contributed by atoms with van der Waals surface area (Å²) in [7, 11) is -3.11. The molecule has 0 aromatic carbocycles. The number of aromatic nitrogens is 1. The van der Waals surface area contributed by atoms with Gasteiger partial charge in [-0.25, -0.2) is 0 Å². The fourth-order valence-electron chi connectivity index (χ4n) is 2.33. The van der Waals surface area contributed by atoms with Crippen molar-refractivity contribution in [2.45, 2.75) is 90.1 Å². The van der Waals surface area contributed by atoms with Crippen LogP contribution in [0.4, 0.5) is 0 Å². The van der Waals surface area contributed by atoms with Crippen molar-refractivity contribution in [1.29, 1.82) is 0 Å². The highest BCUT2D eigenvalue weighted by Gasteiger charge is 2.41. The third-order valence-electron chi connectivity index (χ3n) is 6.87. The largest absolute Gasteiger partial charge is 0.336 e. The fraction of sp³-hybridized carbons (Fsp3) is 0.762. The topological polar surface area (TPSA) is 37.0 Å². The molecule has 0 radical (unpaired) electrons. The number of rotatable bonds is 7. The highest BCUT2D eigenvalue weighted by atomic mass is 28.3. The van der Waals surface area contributed by atoms with Crippen LogP contribution in [0.15, 0.2) is 24.4 Å². The zero-order chi connectivity index (χ0) is 20.4. The van der Waals surface area contributed by atoms with Gasteiger partial charge in [-0.15, -0.1) is 0 Å². The Morgan fingerprint density at radius 3 is 1.50 bits per heavy atom. The first-order chi connectivity index (χ1) is 11.5. The molecule has 0 spiro atoms. The molecule has 0 unspecified atom stereocenters. The highest BCUT2D eigenvalue weighted by Crippen LogP contribution is 2.36. The maximum Gasteiger partial charge on any atom is 0.124 e. The van der Waals surface area contributed by atoms with Crippen LogP contribution in [-0.4, -0.2) is 34.5 Å². The van der Waals surface area contributed by atoms with Crippen LogP contribution in [0.25, 0.3) is 0 Å². The third kappa shape index (κ3) is 5.75. The highest BCUT2D eigenvalue weighted by molar-refractivity contribution is 6.78. The van der Waals surface area contributed by atoms with Gasteiger partial charge in [0.1, 0.15) is 16.5 Å². The zero-order valence-corrected chi connectivity index (χ0v) is 21.2. The molecule has 0 aliphatic rings. The number of hydrogen-bond acceptors (Lipinski definition) is 3. The van der Waals surface area contributed by atoms with E-state index in [-0.39, 0.29) is 5.41 Å². The van der Waals surface area contributed by atoms with Crippen molar-refractivity contribution in [2.75, 3.05) is 13.1 Å². The van der Waals surface area contributed by atoms with E-state index in [1.165, 1.54) is 5.69 Å². The quantitative estimate of drug-likeness (QED) is 0.598. The van der Waals surface area contributed by atoms with E-state index in [4.69, 9.17) is 4.98 Å². The lowest BCUT2D eigenvalue weighted by Gasteiger charge is -2.43. The molecule has 5 heteroatoms. The summed E-state index contributed by atoms with van der Waals surface area (Å²) in [5.41, 5.74) is 1.16. The third-order valence-corrected chi connectivity index (χ3v) is 16.5. The van der Waals surface area contributed by atoms with Gasteiger partial charge >= 0.3 is 0 Å². The van der Waals surface area contributed by atoms with Crippen LogP contribution in [0.1, 0.15) is 54.2 Å². The smallest absolute Gasteiger partial charge is 0.124 e. The van der Waals surface area contributed by atoms with Crippen molar-refractivity contribution in [3.05, 3.63) is 30.1 Å². The van der Waals surface area contributed by atoms with Crippen LogP contribution < -0.4 is 9.96 Å². The van der Waals surface area contributed by atoms with Crippen molar-refractivity contribution < 1.29 is 0 Å². The normalized spacial score (nSPS) is 14.6. The summed E-state index contributed by atoms with van der Waals surface area (Å²) in [6, 6.07) is 6.30. The Morgan fingerprint density at radius 2 is 1.19 bits per heavy atom. The van der Waals surface area contributed by atoms with Crippen LogP contribution in [0.5, 0.6) is 0 Å². The van der Waals surface area contributed by atoms with E-state index in [1.807, 2.05) is 12.3 Å². The second kappa shape index (κ2) is 7.86. The zero-order valence-electron chi connectivity index (χ0n) is 19.2. The molecule has 0 amide bonds. The van der Waals surface area contributed by atoms with Gasteiger partial charge in [0.2, 0.25) is 0 Å². The van der Waals surface area contributed by atoms with E-state index in [1.54, 1.807) is 0 Å². The standard InChI is InChI=1S/C21H43N3Si2/c1-19(2,3)25(8,9)23-16-21(7,18-14-12-13-15-22-18)17-24-26(10,11)20(4,5)6/h12-15,23-24H,16-17H2,1-11H3. The Bertz CT molecular complexity index is 539. The molecule has 0 bridgehead atoms. The van der Waals surface area contributed by atoms with Crippen LogP contribution in [-0.2, 0) is 5.41 Å². The molecule has 150 valence electrons. The Kier molecular flexibility index (Phi) is 7.12. The molecule has 1 heterocycles. The average Bonchev–Trinajstić information content (AvgIpc) is 2.50. The Balaban J connectivity index is 3.06. The molecule has 0 aliphatic heterocycles. The summed E-state index contributed by atoms with van der Waals surface area (Å²) >= 11 is 0. The van der Waals surface area contributed by atoms with Gasteiger partial charge in [0.15, 0.2) is 0 Å². The number of hydrogen-bond donors (Lipinski definition) is 2. The maximum atomic E-state index is 4.73. The molecule has 1 rings (SSSR count). The molecule has 0 saturated carbocycles. The van der Waals surface area contributed by atoms with E-state index in [2.05, 4.69) is 96.8 Å². The minimum absolute atomic E-state index is 0.0215. The lowest BCUT2D eigenvalue weighted by Crippen LogP contribution is -2.60. The Morgan fingerprint density at radius 1 is 0.769 bits per heavy atom. The van der Waals surface area contributed by atoms with Crippen molar-refractivity contribution in [1.82, 2.24) is 14.9 Å². The molecule has 1 aromatic rings. The maximum absolute atomic E-state index is 4.73. The molecule has 26 heavy (non-hydrogen) atoms. The van der Waals surface area contributed by atoms with E-state index in [0.29, 0.717) is 10.1 Å². The van der Waals surface area contributed by atoms with E-state index < -0.39 is 16.5 Å². The lowest BCUT2D eigenvalue weighted by atomic mass is 9.86. The first-order valence-corrected chi connectivity index (χ1v) is 15.9. The Labute approximate surface area is 165 Å².